The average Bonchev–Trinajstić information content (AvgIpc) is 2.92. The van der Waals surface area contributed by atoms with Crippen molar-refractivity contribution in [3.63, 3.8) is 0 Å². The van der Waals surface area contributed by atoms with Crippen LogP contribution in [-0.2, 0) is 4.79 Å². The van der Waals surface area contributed by atoms with Gasteiger partial charge in [0.2, 0.25) is 5.91 Å². The van der Waals surface area contributed by atoms with Crippen molar-refractivity contribution in [1.29, 1.82) is 0 Å². The predicted molar refractivity (Wildman–Crippen MR) is 75.2 cm³/mol. The van der Waals surface area contributed by atoms with E-state index in [0.29, 0.717) is 25.5 Å². The highest BCUT2D eigenvalue weighted by atomic mass is 16.5. The maximum Gasteiger partial charge on any atom is 0.220 e. The topological polar surface area (TPSA) is 50.4 Å². The lowest BCUT2D eigenvalue weighted by atomic mass is 10.0. The van der Waals surface area contributed by atoms with Gasteiger partial charge in [0, 0.05) is 13.0 Å². The number of rotatable bonds is 7. The highest BCUT2D eigenvalue weighted by Gasteiger charge is 2.17. The second kappa shape index (κ2) is 7.79. The zero-order valence-electron chi connectivity index (χ0n) is 11.2. The van der Waals surface area contributed by atoms with E-state index in [2.05, 4.69) is 10.6 Å². The molecule has 1 aliphatic heterocycles. The molecular formula is C15H22N2O2. The first-order chi connectivity index (χ1) is 9.34. The first kappa shape index (κ1) is 13.9. The fraction of sp³-hybridized carbons (Fsp3) is 0.533. The summed E-state index contributed by atoms with van der Waals surface area (Å²) in [7, 11) is 0. The van der Waals surface area contributed by atoms with Crippen molar-refractivity contribution in [2.24, 2.45) is 5.92 Å². The number of para-hydroxylation sites is 1. The van der Waals surface area contributed by atoms with Gasteiger partial charge < -0.3 is 15.4 Å². The molecule has 1 atom stereocenters. The smallest absolute Gasteiger partial charge is 0.220 e. The van der Waals surface area contributed by atoms with E-state index < -0.39 is 0 Å². The summed E-state index contributed by atoms with van der Waals surface area (Å²) in [4.78, 5) is 11.7. The van der Waals surface area contributed by atoms with Crippen LogP contribution in [0.3, 0.4) is 0 Å². The van der Waals surface area contributed by atoms with E-state index in [1.807, 2.05) is 30.3 Å². The summed E-state index contributed by atoms with van der Waals surface area (Å²) in [6.45, 7) is 3.34. The van der Waals surface area contributed by atoms with Crippen molar-refractivity contribution in [3.8, 4) is 5.75 Å². The Balaban J connectivity index is 1.50. The average molecular weight is 262 g/mol. The molecule has 1 aromatic carbocycles. The second-order valence-electron chi connectivity index (χ2n) is 4.93. The normalized spacial score (nSPS) is 18.2. The van der Waals surface area contributed by atoms with Crippen LogP contribution in [0, 0.1) is 5.92 Å². The molecule has 19 heavy (non-hydrogen) atoms. The minimum Gasteiger partial charge on any atom is -0.494 e. The van der Waals surface area contributed by atoms with E-state index in [1.54, 1.807) is 0 Å². The molecule has 1 fully saturated rings. The van der Waals surface area contributed by atoms with Crippen LogP contribution in [0.1, 0.15) is 19.3 Å². The molecular weight excluding hydrogens is 240 g/mol. The van der Waals surface area contributed by atoms with Crippen molar-refractivity contribution in [2.75, 3.05) is 26.2 Å². The SMILES string of the molecule is O=C(CC1CCNC1)NCCCOc1ccccc1. The molecule has 104 valence electrons. The molecule has 1 heterocycles. The van der Waals surface area contributed by atoms with Crippen molar-refractivity contribution in [1.82, 2.24) is 10.6 Å². The second-order valence-corrected chi connectivity index (χ2v) is 4.93. The van der Waals surface area contributed by atoms with E-state index in [1.165, 1.54) is 0 Å². The highest BCUT2D eigenvalue weighted by Crippen LogP contribution is 2.11. The highest BCUT2D eigenvalue weighted by molar-refractivity contribution is 5.76. The lowest BCUT2D eigenvalue weighted by molar-refractivity contribution is -0.121. The number of carbonyl (C=O) groups excluding carboxylic acids is 1. The van der Waals surface area contributed by atoms with Gasteiger partial charge in [0.1, 0.15) is 5.75 Å². The van der Waals surface area contributed by atoms with E-state index in [-0.39, 0.29) is 5.91 Å². The molecule has 0 saturated carbocycles. The Morgan fingerprint density at radius 1 is 1.37 bits per heavy atom. The Hall–Kier alpha value is -1.55. The molecule has 1 unspecified atom stereocenters. The first-order valence-electron chi connectivity index (χ1n) is 7.00. The molecule has 1 saturated heterocycles. The Morgan fingerprint density at radius 3 is 2.95 bits per heavy atom. The van der Waals surface area contributed by atoms with Crippen LogP contribution in [0.5, 0.6) is 5.75 Å². The first-order valence-corrected chi connectivity index (χ1v) is 7.00. The third-order valence-corrected chi connectivity index (χ3v) is 3.29. The summed E-state index contributed by atoms with van der Waals surface area (Å²) in [6.07, 6.45) is 2.60. The third kappa shape index (κ3) is 5.30. The minimum atomic E-state index is 0.161. The maximum atomic E-state index is 11.7. The molecule has 1 aromatic rings. The molecule has 0 aliphatic carbocycles. The van der Waals surface area contributed by atoms with Gasteiger partial charge in [0.05, 0.1) is 6.61 Å². The molecule has 1 aliphatic rings. The van der Waals surface area contributed by atoms with Gasteiger partial charge in [-0.05, 0) is 44.0 Å². The van der Waals surface area contributed by atoms with E-state index in [9.17, 15) is 4.79 Å². The zero-order valence-corrected chi connectivity index (χ0v) is 11.2. The molecule has 0 spiro atoms. The van der Waals surface area contributed by atoms with Gasteiger partial charge in [-0.3, -0.25) is 4.79 Å². The standard InChI is InChI=1S/C15H22N2O2/c18-15(11-13-7-9-16-12-13)17-8-4-10-19-14-5-2-1-3-6-14/h1-3,5-6,13,16H,4,7-12H2,(H,17,18). The monoisotopic (exact) mass is 262 g/mol. The Kier molecular flexibility index (Phi) is 5.69. The molecule has 4 heteroatoms. The van der Waals surface area contributed by atoms with Crippen molar-refractivity contribution in [2.45, 2.75) is 19.3 Å². The van der Waals surface area contributed by atoms with Gasteiger partial charge >= 0.3 is 0 Å². The summed E-state index contributed by atoms with van der Waals surface area (Å²) in [5.74, 6) is 1.56. The minimum absolute atomic E-state index is 0.161. The summed E-state index contributed by atoms with van der Waals surface area (Å²) in [5, 5.41) is 6.22. The van der Waals surface area contributed by atoms with Crippen LogP contribution in [0.25, 0.3) is 0 Å². The Bertz CT molecular complexity index is 375. The van der Waals surface area contributed by atoms with Gasteiger partial charge in [-0.1, -0.05) is 18.2 Å². The van der Waals surface area contributed by atoms with Crippen LogP contribution in [-0.4, -0.2) is 32.1 Å². The fourth-order valence-corrected chi connectivity index (χ4v) is 2.23. The summed E-state index contributed by atoms with van der Waals surface area (Å²) < 4.78 is 5.56. The molecule has 0 radical (unpaired) electrons. The molecule has 0 aromatic heterocycles. The number of amides is 1. The van der Waals surface area contributed by atoms with E-state index in [0.717, 1.165) is 31.7 Å². The largest absolute Gasteiger partial charge is 0.494 e. The van der Waals surface area contributed by atoms with Crippen LogP contribution in [0.15, 0.2) is 30.3 Å². The van der Waals surface area contributed by atoms with Crippen LogP contribution in [0.2, 0.25) is 0 Å². The number of hydrogen-bond donors (Lipinski definition) is 2. The van der Waals surface area contributed by atoms with Gasteiger partial charge in [-0.25, -0.2) is 0 Å². The number of hydrogen-bond acceptors (Lipinski definition) is 3. The molecule has 1 amide bonds. The van der Waals surface area contributed by atoms with Crippen molar-refractivity contribution >= 4 is 5.91 Å². The lowest BCUT2D eigenvalue weighted by Crippen LogP contribution is -2.28. The van der Waals surface area contributed by atoms with E-state index >= 15 is 0 Å². The van der Waals surface area contributed by atoms with Gasteiger partial charge in [-0.2, -0.15) is 0 Å². The summed E-state index contributed by atoms with van der Waals surface area (Å²) in [6, 6.07) is 9.74. The quantitative estimate of drug-likeness (QED) is 0.733. The van der Waals surface area contributed by atoms with Gasteiger partial charge in [0.25, 0.3) is 0 Å². The summed E-state index contributed by atoms with van der Waals surface area (Å²) in [5.41, 5.74) is 0. The van der Waals surface area contributed by atoms with Crippen molar-refractivity contribution in [3.05, 3.63) is 30.3 Å². The Labute approximate surface area is 114 Å². The van der Waals surface area contributed by atoms with Gasteiger partial charge in [-0.15, -0.1) is 0 Å². The third-order valence-electron chi connectivity index (χ3n) is 3.29. The van der Waals surface area contributed by atoms with Crippen LogP contribution < -0.4 is 15.4 Å². The molecule has 2 N–H and O–H groups in total. The van der Waals surface area contributed by atoms with Gasteiger partial charge in [0.15, 0.2) is 0 Å². The number of nitrogens with one attached hydrogen (secondary N) is 2. The number of benzene rings is 1. The van der Waals surface area contributed by atoms with Crippen LogP contribution in [0.4, 0.5) is 0 Å². The number of carbonyl (C=O) groups is 1. The molecule has 4 nitrogen and oxygen atoms in total. The van der Waals surface area contributed by atoms with Crippen molar-refractivity contribution < 1.29 is 9.53 Å². The van der Waals surface area contributed by atoms with E-state index in [4.69, 9.17) is 4.74 Å². The molecule has 0 bridgehead atoms. The lowest BCUT2D eigenvalue weighted by Gasteiger charge is -2.09. The fourth-order valence-electron chi connectivity index (χ4n) is 2.23. The predicted octanol–water partition coefficient (Wildman–Crippen LogP) is 1.57. The molecule has 2 rings (SSSR count). The number of ether oxygens (including phenoxy) is 1. The summed E-state index contributed by atoms with van der Waals surface area (Å²) >= 11 is 0. The Morgan fingerprint density at radius 2 is 2.21 bits per heavy atom. The van der Waals surface area contributed by atoms with Crippen LogP contribution >= 0.6 is 0 Å². The zero-order chi connectivity index (χ0) is 13.3. The maximum absolute atomic E-state index is 11.7.